The molecule has 0 saturated carbocycles. The van der Waals surface area contributed by atoms with Crippen LogP contribution in [-0.2, 0) is 13.6 Å². The minimum Gasteiger partial charge on any atom is -0.464 e. The molecule has 2 aromatic heterocycles. The lowest BCUT2D eigenvalue weighted by atomic mass is 9.91. The second kappa shape index (κ2) is 8.45. The smallest absolute Gasteiger partial charge is 0.134 e. The molecule has 1 unspecified atom stereocenters. The number of aromatic nitrogens is 2. The first kappa shape index (κ1) is 20.7. The van der Waals surface area contributed by atoms with Crippen molar-refractivity contribution in [2.75, 3.05) is 13.1 Å². The van der Waals surface area contributed by atoms with Gasteiger partial charge in [0.1, 0.15) is 5.58 Å². The highest BCUT2D eigenvalue weighted by Gasteiger charge is 2.17. The van der Waals surface area contributed by atoms with E-state index in [0.717, 1.165) is 75.7 Å². The number of benzene rings is 3. The van der Waals surface area contributed by atoms with Crippen LogP contribution in [0.4, 0.5) is 0 Å². The van der Waals surface area contributed by atoms with Crippen molar-refractivity contribution in [1.82, 2.24) is 20.4 Å². The largest absolute Gasteiger partial charge is 0.464 e. The van der Waals surface area contributed by atoms with Crippen LogP contribution < -0.4 is 10.6 Å². The number of rotatable bonds is 5. The molecule has 168 valence electrons. The second-order valence-corrected chi connectivity index (χ2v) is 8.96. The Morgan fingerprint density at radius 1 is 1.12 bits per heavy atom. The number of fused-ring (bicyclic) bond motifs is 2. The summed E-state index contributed by atoms with van der Waals surface area (Å²) in [5, 5.41) is 22.9. The lowest BCUT2D eigenvalue weighted by Gasteiger charge is -2.13. The zero-order valence-corrected chi connectivity index (χ0v) is 19.0. The van der Waals surface area contributed by atoms with Gasteiger partial charge in [-0.05, 0) is 71.6 Å². The van der Waals surface area contributed by atoms with Crippen LogP contribution in [0.1, 0.15) is 17.5 Å². The van der Waals surface area contributed by atoms with Crippen molar-refractivity contribution in [3.05, 3.63) is 78.2 Å². The maximum absolute atomic E-state index is 9.25. The summed E-state index contributed by atoms with van der Waals surface area (Å²) in [6.45, 7) is 2.84. The molecule has 2 N–H and O–H groups in total. The molecule has 1 aliphatic rings. The van der Waals surface area contributed by atoms with E-state index >= 15 is 0 Å². The Morgan fingerprint density at radius 2 is 1.94 bits per heavy atom. The van der Waals surface area contributed by atoms with Crippen LogP contribution in [0.5, 0.6) is 0 Å². The van der Waals surface area contributed by atoms with Crippen molar-refractivity contribution < 1.29 is 4.42 Å². The van der Waals surface area contributed by atoms with E-state index in [2.05, 4.69) is 52.1 Å². The summed E-state index contributed by atoms with van der Waals surface area (Å²) in [4.78, 5) is 0. The van der Waals surface area contributed by atoms with Gasteiger partial charge in [0.15, 0.2) is 0 Å². The molecule has 1 aliphatic heterocycles. The predicted octanol–water partition coefficient (Wildman–Crippen LogP) is 4.98. The summed E-state index contributed by atoms with van der Waals surface area (Å²) in [7, 11) is 1.95. The summed E-state index contributed by atoms with van der Waals surface area (Å²) < 4.78 is 7.91. The number of furan rings is 1. The van der Waals surface area contributed by atoms with E-state index in [4.69, 9.17) is 4.42 Å². The number of nitrogens with zero attached hydrogens (tertiary/aromatic N) is 3. The van der Waals surface area contributed by atoms with Gasteiger partial charge in [0.05, 0.1) is 29.6 Å². The average Bonchev–Trinajstić information content (AvgIpc) is 3.62. The Kier molecular flexibility index (Phi) is 5.14. The molecule has 3 aromatic carbocycles. The van der Waals surface area contributed by atoms with Crippen molar-refractivity contribution >= 4 is 21.9 Å². The van der Waals surface area contributed by atoms with Crippen molar-refractivity contribution in [1.29, 1.82) is 5.26 Å². The molecule has 34 heavy (non-hydrogen) atoms. The van der Waals surface area contributed by atoms with Crippen LogP contribution in [0.15, 0.2) is 71.5 Å². The van der Waals surface area contributed by atoms with Crippen molar-refractivity contribution in [3.63, 3.8) is 0 Å². The Balaban J connectivity index is 1.48. The molecule has 0 amide bonds. The molecule has 0 bridgehead atoms. The van der Waals surface area contributed by atoms with E-state index in [1.165, 1.54) is 0 Å². The normalized spacial score (nSPS) is 15.8. The van der Waals surface area contributed by atoms with Gasteiger partial charge in [-0.2, -0.15) is 10.4 Å². The van der Waals surface area contributed by atoms with Gasteiger partial charge in [0, 0.05) is 42.5 Å². The van der Waals surface area contributed by atoms with Crippen molar-refractivity contribution in [2.24, 2.45) is 7.05 Å². The van der Waals surface area contributed by atoms with Crippen molar-refractivity contribution in [3.8, 4) is 28.3 Å². The topological polar surface area (TPSA) is 78.8 Å². The first-order chi connectivity index (χ1) is 16.7. The first-order valence-electron chi connectivity index (χ1n) is 11.6. The third-order valence-electron chi connectivity index (χ3n) is 6.82. The summed E-state index contributed by atoms with van der Waals surface area (Å²) in [5.74, 6) is 0. The molecule has 1 fully saturated rings. The van der Waals surface area contributed by atoms with Gasteiger partial charge in [-0.15, -0.1) is 0 Å². The molecule has 0 spiro atoms. The van der Waals surface area contributed by atoms with Crippen LogP contribution in [0.3, 0.4) is 0 Å². The minimum absolute atomic E-state index is 0.494. The zero-order valence-electron chi connectivity index (χ0n) is 19.0. The lowest BCUT2D eigenvalue weighted by molar-refractivity contribution is 0.541. The number of nitrogens with one attached hydrogen (secondary N) is 2. The highest BCUT2D eigenvalue weighted by Crippen LogP contribution is 2.38. The van der Waals surface area contributed by atoms with Crippen LogP contribution >= 0.6 is 0 Å². The van der Waals surface area contributed by atoms with E-state index in [-0.39, 0.29) is 0 Å². The van der Waals surface area contributed by atoms with Gasteiger partial charge < -0.3 is 15.1 Å². The Labute approximate surface area is 197 Å². The van der Waals surface area contributed by atoms with Crippen LogP contribution in [-0.4, -0.2) is 28.9 Å². The molecule has 6 rings (SSSR count). The van der Waals surface area contributed by atoms with Gasteiger partial charge >= 0.3 is 0 Å². The molecular weight excluding hydrogens is 422 g/mol. The maximum atomic E-state index is 9.25. The van der Waals surface area contributed by atoms with E-state index in [9.17, 15) is 5.26 Å². The van der Waals surface area contributed by atoms with Gasteiger partial charge in [-0.25, -0.2) is 0 Å². The summed E-state index contributed by atoms with van der Waals surface area (Å²) in [6, 6.07) is 21.3. The predicted molar refractivity (Wildman–Crippen MR) is 134 cm³/mol. The quantitative estimate of drug-likeness (QED) is 0.397. The molecule has 0 radical (unpaired) electrons. The molecule has 3 heterocycles. The Morgan fingerprint density at radius 3 is 2.74 bits per heavy atom. The molecule has 5 aromatic rings. The highest BCUT2D eigenvalue weighted by molar-refractivity contribution is 5.97. The fraction of sp³-hybridized carbons (Fsp3) is 0.214. The third-order valence-corrected chi connectivity index (χ3v) is 6.82. The minimum atomic E-state index is 0.494. The Bertz CT molecular complexity index is 1530. The van der Waals surface area contributed by atoms with Gasteiger partial charge in [0.2, 0.25) is 0 Å². The SMILES string of the molecule is Cn1ncc2cc(-c3cc4occ(CNC5CCNC5)c4cc3-c3ccc(C#N)cc3)ccc21. The first-order valence-corrected chi connectivity index (χ1v) is 11.6. The van der Waals surface area contributed by atoms with Crippen LogP contribution in [0.2, 0.25) is 0 Å². The van der Waals surface area contributed by atoms with Crippen LogP contribution in [0.25, 0.3) is 44.1 Å². The van der Waals surface area contributed by atoms with Gasteiger partial charge in [-0.1, -0.05) is 18.2 Å². The fourth-order valence-electron chi connectivity index (χ4n) is 4.88. The second-order valence-electron chi connectivity index (χ2n) is 8.96. The molecule has 6 heteroatoms. The van der Waals surface area contributed by atoms with Crippen LogP contribution in [0, 0.1) is 11.3 Å². The van der Waals surface area contributed by atoms with E-state index in [0.29, 0.717) is 11.6 Å². The monoisotopic (exact) mass is 447 g/mol. The molecule has 1 saturated heterocycles. The third kappa shape index (κ3) is 3.65. The van der Waals surface area contributed by atoms with Gasteiger partial charge in [0.25, 0.3) is 0 Å². The fourth-order valence-corrected chi connectivity index (χ4v) is 4.88. The zero-order chi connectivity index (χ0) is 23.1. The Hall–Kier alpha value is -3.92. The highest BCUT2D eigenvalue weighted by atomic mass is 16.3. The van der Waals surface area contributed by atoms with E-state index in [1.54, 1.807) is 0 Å². The molecule has 0 aliphatic carbocycles. The summed E-state index contributed by atoms with van der Waals surface area (Å²) >= 11 is 0. The number of aryl methyl sites for hydroxylation is 1. The number of nitriles is 1. The molecule has 1 atom stereocenters. The van der Waals surface area contributed by atoms with E-state index in [1.807, 2.05) is 48.5 Å². The van der Waals surface area contributed by atoms with Gasteiger partial charge in [-0.3, -0.25) is 4.68 Å². The number of hydrogen-bond acceptors (Lipinski definition) is 5. The summed E-state index contributed by atoms with van der Waals surface area (Å²) in [5.41, 5.74) is 8.17. The standard InChI is InChI=1S/C28H25N5O/c1-33-27-7-6-20(10-21(27)15-32-33)25-12-28-26(11-24(25)19-4-2-18(13-29)3-5-19)22(17-34-28)14-31-23-8-9-30-16-23/h2-7,10-12,15,17,23,30-31H,8-9,14,16H2,1H3. The van der Waals surface area contributed by atoms with E-state index < -0.39 is 0 Å². The lowest BCUT2D eigenvalue weighted by Crippen LogP contribution is -2.30. The maximum Gasteiger partial charge on any atom is 0.134 e. The molecule has 6 nitrogen and oxygen atoms in total. The number of hydrogen-bond donors (Lipinski definition) is 2. The van der Waals surface area contributed by atoms with Crippen molar-refractivity contribution in [2.45, 2.75) is 19.0 Å². The average molecular weight is 448 g/mol. The molecular formula is C28H25N5O. The summed E-state index contributed by atoms with van der Waals surface area (Å²) in [6.07, 6.45) is 4.91.